The third kappa shape index (κ3) is 6.00. The minimum absolute atomic E-state index is 0.0167. The first kappa shape index (κ1) is 14.4. The summed E-state index contributed by atoms with van der Waals surface area (Å²) < 4.78 is 15.6. The second-order valence-corrected chi connectivity index (χ2v) is 4.52. The first-order chi connectivity index (χ1) is 8.11. The van der Waals surface area contributed by atoms with Crippen LogP contribution >= 0.6 is 0 Å². The summed E-state index contributed by atoms with van der Waals surface area (Å²) in [5.41, 5.74) is 0. The molecule has 1 aliphatic rings. The van der Waals surface area contributed by atoms with Crippen LogP contribution in [0.2, 0.25) is 0 Å². The lowest BCUT2D eigenvalue weighted by Crippen LogP contribution is -2.28. The maximum atomic E-state index is 11.4. The normalized spacial score (nSPS) is 31.9. The molecular formula is C12H22O5. The molecular weight excluding hydrogens is 224 g/mol. The fourth-order valence-electron chi connectivity index (χ4n) is 2.00. The lowest BCUT2D eigenvalue weighted by atomic mass is 10.0. The van der Waals surface area contributed by atoms with Gasteiger partial charge in [0.05, 0.1) is 18.6 Å². The Balaban J connectivity index is 2.48. The van der Waals surface area contributed by atoms with Crippen molar-refractivity contribution in [1.82, 2.24) is 0 Å². The number of carbonyl (C=O) groups excluding carboxylic acids is 1. The van der Waals surface area contributed by atoms with Crippen LogP contribution in [-0.2, 0) is 19.0 Å². The molecule has 0 aromatic carbocycles. The number of cyclic esters (lactones) is 1. The first-order valence-corrected chi connectivity index (χ1v) is 6.10. The predicted octanol–water partition coefficient (Wildman–Crippen LogP) is 1.23. The zero-order valence-corrected chi connectivity index (χ0v) is 10.6. The highest BCUT2D eigenvalue weighted by atomic mass is 16.7. The summed E-state index contributed by atoms with van der Waals surface area (Å²) >= 11 is 0. The zero-order valence-electron chi connectivity index (χ0n) is 10.6. The van der Waals surface area contributed by atoms with Gasteiger partial charge in [0, 0.05) is 13.5 Å². The standard InChI is InChI=1S/C12H22O5/c1-9-6-11(16-8-15-2)5-3-4-10(13)7-12(14)17-9/h9-11,13H,3-8H2,1-2H3/t9-,10?,11-/m1/s1. The predicted molar refractivity (Wildman–Crippen MR) is 61.4 cm³/mol. The second kappa shape index (κ2) is 7.63. The Morgan fingerprint density at radius 2 is 2.24 bits per heavy atom. The molecule has 1 rings (SSSR count). The van der Waals surface area contributed by atoms with Gasteiger partial charge >= 0.3 is 5.97 Å². The van der Waals surface area contributed by atoms with Crippen LogP contribution in [0.5, 0.6) is 0 Å². The molecule has 1 fully saturated rings. The van der Waals surface area contributed by atoms with Crippen molar-refractivity contribution < 1.29 is 24.1 Å². The third-order valence-electron chi connectivity index (χ3n) is 2.81. The quantitative estimate of drug-likeness (QED) is 0.599. The van der Waals surface area contributed by atoms with E-state index in [9.17, 15) is 9.90 Å². The van der Waals surface area contributed by atoms with Gasteiger partial charge in [-0.1, -0.05) is 0 Å². The summed E-state index contributed by atoms with van der Waals surface area (Å²) in [7, 11) is 1.58. The molecule has 0 aromatic rings. The van der Waals surface area contributed by atoms with Gasteiger partial charge in [-0.2, -0.15) is 0 Å². The van der Waals surface area contributed by atoms with Crippen molar-refractivity contribution in [2.75, 3.05) is 13.9 Å². The highest BCUT2D eigenvalue weighted by Crippen LogP contribution is 2.18. The average Bonchev–Trinajstić information content (AvgIpc) is 2.24. The van der Waals surface area contributed by atoms with Gasteiger partial charge in [-0.25, -0.2) is 0 Å². The maximum absolute atomic E-state index is 11.4. The summed E-state index contributed by atoms with van der Waals surface area (Å²) in [6, 6.07) is 0. The fraction of sp³-hybridized carbons (Fsp3) is 0.917. The number of aliphatic hydroxyl groups excluding tert-OH is 1. The molecule has 1 N–H and O–H groups in total. The van der Waals surface area contributed by atoms with Crippen molar-refractivity contribution in [2.24, 2.45) is 0 Å². The summed E-state index contributed by atoms with van der Waals surface area (Å²) in [4.78, 5) is 11.4. The van der Waals surface area contributed by atoms with E-state index in [1.54, 1.807) is 7.11 Å². The van der Waals surface area contributed by atoms with Crippen LogP contribution in [0, 0.1) is 0 Å². The van der Waals surface area contributed by atoms with Crippen molar-refractivity contribution >= 4 is 5.97 Å². The maximum Gasteiger partial charge on any atom is 0.308 e. The Morgan fingerprint density at radius 3 is 2.94 bits per heavy atom. The number of hydrogen-bond acceptors (Lipinski definition) is 5. The van der Waals surface area contributed by atoms with E-state index >= 15 is 0 Å². The minimum Gasteiger partial charge on any atom is -0.462 e. The summed E-state index contributed by atoms with van der Waals surface area (Å²) in [6.07, 6.45) is 2.29. The van der Waals surface area contributed by atoms with Crippen LogP contribution in [0.3, 0.4) is 0 Å². The highest BCUT2D eigenvalue weighted by Gasteiger charge is 2.21. The van der Waals surface area contributed by atoms with Gasteiger partial charge in [-0.05, 0) is 26.2 Å². The van der Waals surface area contributed by atoms with Crippen molar-refractivity contribution in [1.29, 1.82) is 0 Å². The lowest BCUT2D eigenvalue weighted by Gasteiger charge is -2.24. The van der Waals surface area contributed by atoms with Crippen LogP contribution in [0.4, 0.5) is 0 Å². The van der Waals surface area contributed by atoms with Gasteiger partial charge in [0.25, 0.3) is 0 Å². The molecule has 0 saturated carbocycles. The van der Waals surface area contributed by atoms with E-state index < -0.39 is 6.10 Å². The van der Waals surface area contributed by atoms with Gasteiger partial charge in [-0.3, -0.25) is 4.79 Å². The largest absolute Gasteiger partial charge is 0.462 e. The molecule has 0 aromatic heterocycles. The smallest absolute Gasteiger partial charge is 0.308 e. The van der Waals surface area contributed by atoms with Crippen LogP contribution in [0.1, 0.15) is 39.0 Å². The number of ether oxygens (including phenoxy) is 3. The molecule has 3 atom stereocenters. The van der Waals surface area contributed by atoms with E-state index in [0.717, 1.165) is 12.8 Å². The van der Waals surface area contributed by atoms with Crippen molar-refractivity contribution in [2.45, 2.75) is 57.3 Å². The molecule has 100 valence electrons. The fourth-order valence-corrected chi connectivity index (χ4v) is 2.00. The van der Waals surface area contributed by atoms with Gasteiger partial charge < -0.3 is 19.3 Å². The van der Waals surface area contributed by atoms with E-state index in [0.29, 0.717) is 12.8 Å². The zero-order chi connectivity index (χ0) is 12.7. The Morgan fingerprint density at radius 1 is 1.47 bits per heavy atom. The topological polar surface area (TPSA) is 65.0 Å². The van der Waals surface area contributed by atoms with Gasteiger partial charge in [0.15, 0.2) is 0 Å². The van der Waals surface area contributed by atoms with Crippen LogP contribution in [0.15, 0.2) is 0 Å². The van der Waals surface area contributed by atoms with Crippen molar-refractivity contribution in [3.63, 3.8) is 0 Å². The lowest BCUT2D eigenvalue weighted by molar-refractivity contribution is -0.154. The number of hydrogen-bond donors (Lipinski definition) is 1. The number of rotatable bonds is 3. The Kier molecular flexibility index (Phi) is 6.47. The third-order valence-corrected chi connectivity index (χ3v) is 2.81. The molecule has 17 heavy (non-hydrogen) atoms. The second-order valence-electron chi connectivity index (χ2n) is 4.52. The Bertz CT molecular complexity index is 231. The summed E-state index contributed by atoms with van der Waals surface area (Å²) in [6.45, 7) is 2.09. The van der Waals surface area contributed by atoms with Crippen LogP contribution in [0.25, 0.3) is 0 Å². The van der Waals surface area contributed by atoms with Gasteiger partial charge in [-0.15, -0.1) is 0 Å². The summed E-state index contributed by atoms with van der Waals surface area (Å²) in [5.74, 6) is -0.336. The highest BCUT2D eigenvalue weighted by molar-refractivity contribution is 5.70. The van der Waals surface area contributed by atoms with E-state index in [2.05, 4.69) is 0 Å². The average molecular weight is 246 g/mol. The molecule has 0 radical (unpaired) electrons. The monoisotopic (exact) mass is 246 g/mol. The number of esters is 1. The number of methoxy groups -OCH3 is 1. The van der Waals surface area contributed by atoms with E-state index in [1.165, 1.54) is 0 Å². The van der Waals surface area contributed by atoms with Gasteiger partial charge in [0.2, 0.25) is 0 Å². The number of carbonyl (C=O) groups is 1. The minimum atomic E-state index is -0.601. The van der Waals surface area contributed by atoms with E-state index in [1.807, 2.05) is 6.92 Å². The molecule has 0 aliphatic carbocycles. The Hall–Kier alpha value is -0.650. The molecule has 5 nitrogen and oxygen atoms in total. The molecule has 1 heterocycles. The van der Waals surface area contributed by atoms with Crippen molar-refractivity contribution in [3.05, 3.63) is 0 Å². The molecule has 1 saturated heterocycles. The van der Waals surface area contributed by atoms with E-state index in [4.69, 9.17) is 14.2 Å². The van der Waals surface area contributed by atoms with Crippen molar-refractivity contribution in [3.8, 4) is 0 Å². The molecule has 5 heteroatoms. The molecule has 0 amide bonds. The SMILES string of the molecule is COCO[C@@H]1CCCC(O)CC(=O)O[C@H](C)C1. The Labute approximate surface area is 102 Å². The summed E-state index contributed by atoms with van der Waals surface area (Å²) in [5, 5.41) is 9.58. The molecule has 0 spiro atoms. The molecule has 1 unspecified atom stereocenters. The first-order valence-electron chi connectivity index (χ1n) is 6.10. The van der Waals surface area contributed by atoms with Crippen LogP contribution in [-0.4, -0.2) is 43.3 Å². The van der Waals surface area contributed by atoms with Crippen LogP contribution < -0.4 is 0 Å². The molecule has 0 bridgehead atoms. The van der Waals surface area contributed by atoms with E-state index in [-0.39, 0.29) is 31.4 Å². The number of aliphatic hydroxyl groups is 1. The molecule has 1 aliphatic heterocycles. The van der Waals surface area contributed by atoms with Gasteiger partial charge in [0.1, 0.15) is 12.9 Å².